The molecule has 0 heterocycles. The topological polar surface area (TPSA) is 23.8 Å². The second-order valence-electron chi connectivity index (χ2n) is 6.53. The van der Waals surface area contributed by atoms with Crippen LogP contribution in [-0.4, -0.2) is 0 Å². The molecule has 0 aliphatic heterocycles. The van der Waals surface area contributed by atoms with Gasteiger partial charge in [-0.1, -0.05) is 24.3 Å². The Morgan fingerprint density at radius 1 is 1.12 bits per heavy atom. The van der Waals surface area contributed by atoms with Gasteiger partial charge in [0.15, 0.2) is 5.83 Å². The summed E-state index contributed by atoms with van der Waals surface area (Å²) in [7, 11) is 0. The molecule has 0 unspecified atom stereocenters. The van der Waals surface area contributed by atoms with E-state index in [1.807, 2.05) is 6.08 Å². The first-order chi connectivity index (χ1) is 11.9. The summed E-state index contributed by atoms with van der Waals surface area (Å²) >= 11 is 0. The van der Waals surface area contributed by atoms with Gasteiger partial charge in [-0.15, -0.1) is 0 Å². The predicted molar refractivity (Wildman–Crippen MR) is 89.2 cm³/mol. The maximum absolute atomic E-state index is 12.7. The number of hydrogen-bond donors (Lipinski definition) is 0. The predicted octanol–water partition coefficient (Wildman–Crippen LogP) is 6.38. The molecule has 1 fully saturated rings. The van der Waals surface area contributed by atoms with Gasteiger partial charge < -0.3 is 0 Å². The Hall–Kier alpha value is -2.09. The van der Waals surface area contributed by atoms with E-state index in [0.29, 0.717) is 11.8 Å². The Kier molecular flexibility index (Phi) is 6.81. The van der Waals surface area contributed by atoms with Crippen molar-refractivity contribution >= 4 is 0 Å². The van der Waals surface area contributed by atoms with Crippen LogP contribution in [0.4, 0.5) is 17.6 Å². The lowest BCUT2D eigenvalue weighted by molar-refractivity contribution is -0.137. The second-order valence-corrected chi connectivity index (χ2v) is 6.53. The summed E-state index contributed by atoms with van der Waals surface area (Å²) in [5.74, 6) is 0.199. The maximum Gasteiger partial charge on any atom is 0.416 e. The first kappa shape index (κ1) is 19.2. The second kappa shape index (κ2) is 8.84. The van der Waals surface area contributed by atoms with E-state index in [9.17, 15) is 17.6 Å². The zero-order valence-corrected chi connectivity index (χ0v) is 13.9. The summed E-state index contributed by atoms with van der Waals surface area (Å²) in [5, 5.41) is 8.33. The number of alkyl halides is 3. The molecule has 2 rings (SSSR count). The Balaban J connectivity index is 1.74. The van der Waals surface area contributed by atoms with E-state index < -0.39 is 17.6 Å². The van der Waals surface area contributed by atoms with Gasteiger partial charge in [-0.2, -0.15) is 22.8 Å². The van der Waals surface area contributed by atoms with Crippen LogP contribution >= 0.6 is 0 Å². The summed E-state index contributed by atoms with van der Waals surface area (Å²) < 4.78 is 50.3. The molecular formula is C20H21F4N. The highest BCUT2D eigenvalue weighted by atomic mass is 19.4. The zero-order chi connectivity index (χ0) is 18.3. The van der Waals surface area contributed by atoms with Crippen LogP contribution in [0, 0.1) is 23.2 Å². The molecule has 0 spiro atoms. The molecule has 0 N–H and O–H groups in total. The Morgan fingerprint density at radius 3 is 2.32 bits per heavy atom. The van der Waals surface area contributed by atoms with Crippen LogP contribution < -0.4 is 0 Å². The van der Waals surface area contributed by atoms with Crippen LogP contribution in [0.25, 0.3) is 0 Å². The van der Waals surface area contributed by atoms with Crippen LogP contribution in [0.15, 0.2) is 48.3 Å². The van der Waals surface area contributed by atoms with E-state index in [-0.39, 0.29) is 0 Å². The number of allylic oxidation sites excluding steroid dienone is 4. The smallest absolute Gasteiger partial charge is 0.195 e. The van der Waals surface area contributed by atoms with E-state index >= 15 is 0 Å². The molecule has 1 aromatic carbocycles. The summed E-state index contributed by atoms with van der Waals surface area (Å²) in [4.78, 5) is 0. The molecule has 1 saturated carbocycles. The number of aryl methyl sites for hydroxylation is 1. The highest BCUT2D eigenvalue weighted by Crippen LogP contribution is 2.33. The van der Waals surface area contributed by atoms with Crippen LogP contribution in [0.1, 0.15) is 43.2 Å². The molecular weight excluding hydrogens is 330 g/mol. The monoisotopic (exact) mass is 351 g/mol. The van der Waals surface area contributed by atoms with Crippen molar-refractivity contribution in [1.29, 1.82) is 5.26 Å². The van der Waals surface area contributed by atoms with Gasteiger partial charge in [0.1, 0.15) is 6.07 Å². The molecule has 0 aromatic heterocycles. The third kappa shape index (κ3) is 6.38. The van der Waals surface area contributed by atoms with Gasteiger partial charge in [0.05, 0.1) is 5.56 Å². The summed E-state index contributed by atoms with van der Waals surface area (Å²) in [6, 6.07) is 6.85. The van der Waals surface area contributed by atoms with Crippen LogP contribution in [0.2, 0.25) is 0 Å². The van der Waals surface area contributed by atoms with Gasteiger partial charge in [-0.05, 0) is 74.1 Å². The van der Waals surface area contributed by atoms with E-state index in [1.54, 1.807) is 18.2 Å². The fourth-order valence-electron chi connectivity index (χ4n) is 3.23. The first-order valence-electron chi connectivity index (χ1n) is 8.48. The molecule has 0 saturated heterocycles. The van der Waals surface area contributed by atoms with Crippen molar-refractivity contribution in [3.05, 3.63) is 59.4 Å². The minimum Gasteiger partial charge on any atom is -0.195 e. The average Bonchev–Trinajstić information content (AvgIpc) is 2.60. The molecule has 0 bridgehead atoms. The van der Waals surface area contributed by atoms with Gasteiger partial charge in [-0.25, -0.2) is 0 Å². The van der Waals surface area contributed by atoms with Crippen LogP contribution in [0.5, 0.6) is 0 Å². The van der Waals surface area contributed by atoms with Gasteiger partial charge in [0.2, 0.25) is 0 Å². The van der Waals surface area contributed by atoms with Gasteiger partial charge >= 0.3 is 6.18 Å². The number of nitriles is 1. The van der Waals surface area contributed by atoms with Crippen molar-refractivity contribution in [3.63, 3.8) is 0 Å². The molecule has 134 valence electrons. The third-order valence-corrected chi connectivity index (χ3v) is 4.75. The van der Waals surface area contributed by atoms with Crippen molar-refractivity contribution in [1.82, 2.24) is 0 Å². The number of hydrogen-bond acceptors (Lipinski definition) is 1. The summed E-state index contributed by atoms with van der Waals surface area (Å²) in [5.41, 5.74) is 0.331. The quantitative estimate of drug-likeness (QED) is 0.343. The van der Waals surface area contributed by atoms with Crippen molar-refractivity contribution in [2.24, 2.45) is 11.8 Å². The van der Waals surface area contributed by atoms with Crippen molar-refractivity contribution in [3.8, 4) is 6.07 Å². The van der Waals surface area contributed by atoms with Crippen LogP contribution in [-0.2, 0) is 12.6 Å². The average molecular weight is 351 g/mol. The summed E-state index contributed by atoms with van der Waals surface area (Å²) in [6.07, 6.45) is 6.40. The van der Waals surface area contributed by atoms with E-state index in [0.717, 1.165) is 56.2 Å². The number of halogens is 4. The van der Waals surface area contributed by atoms with E-state index in [4.69, 9.17) is 5.26 Å². The molecule has 0 radical (unpaired) electrons. The van der Waals surface area contributed by atoms with Gasteiger partial charge in [0, 0.05) is 0 Å². The molecule has 1 aliphatic rings. The number of rotatable bonds is 5. The standard InChI is InChI=1S/C20H21F4N/c21-19(14-25)3-1-2-15-4-6-16(7-5-15)8-9-17-10-12-18(13-11-17)20(22,23)24/h1-3,10-13,15-16H,4-9H2/t15-,16-. The number of benzene rings is 1. The van der Waals surface area contributed by atoms with E-state index in [1.165, 1.54) is 12.1 Å². The largest absolute Gasteiger partial charge is 0.416 e. The van der Waals surface area contributed by atoms with E-state index in [2.05, 4.69) is 0 Å². The number of nitrogens with zero attached hydrogens (tertiary/aromatic N) is 1. The Labute approximate surface area is 145 Å². The molecule has 5 heteroatoms. The zero-order valence-electron chi connectivity index (χ0n) is 13.9. The fourth-order valence-corrected chi connectivity index (χ4v) is 3.23. The van der Waals surface area contributed by atoms with Crippen molar-refractivity contribution in [2.45, 2.75) is 44.7 Å². The molecule has 0 amide bonds. The van der Waals surface area contributed by atoms with Gasteiger partial charge in [0.25, 0.3) is 0 Å². The van der Waals surface area contributed by atoms with Crippen molar-refractivity contribution < 1.29 is 17.6 Å². The van der Waals surface area contributed by atoms with Gasteiger partial charge in [-0.3, -0.25) is 0 Å². The fraction of sp³-hybridized carbons (Fsp3) is 0.450. The molecule has 1 aliphatic carbocycles. The highest BCUT2D eigenvalue weighted by Gasteiger charge is 2.29. The molecule has 1 aromatic rings. The lowest BCUT2D eigenvalue weighted by Gasteiger charge is -2.26. The normalized spacial score (nSPS) is 22.1. The molecule has 25 heavy (non-hydrogen) atoms. The Bertz CT molecular complexity index is 642. The van der Waals surface area contributed by atoms with Crippen molar-refractivity contribution in [2.75, 3.05) is 0 Å². The third-order valence-electron chi connectivity index (χ3n) is 4.75. The Morgan fingerprint density at radius 2 is 1.76 bits per heavy atom. The minimum absolute atomic E-state index is 0.407. The summed E-state index contributed by atoms with van der Waals surface area (Å²) in [6.45, 7) is 0. The van der Waals surface area contributed by atoms with Crippen LogP contribution in [0.3, 0.4) is 0 Å². The molecule has 0 atom stereocenters. The maximum atomic E-state index is 12.7. The minimum atomic E-state index is -4.28. The first-order valence-corrected chi connectivity index (χ1v) is 8.48. The molecule has 1 nitrogen and oxygen atoms in total. The highest BCUT2D eigenvalue weighted by molar-refractivity contribution is 5.24. The lowest BCUT2D eigenvalue weighted by Crippen LogP contribution is -2.13. The lowest BCUT2D eigenvalue weighted by atomic mass is 9.79. The SMILES string of the molecule is N#CC(F)=CC=C[C@H]1CC[C@H](CCc2ccc(C(F)(F)F)cc2)CC1.